The summed E-state index contributed by atoms with van der Waals surface area (Å²) in [7, 11) is 0. The maximum Gasteiger partial charge on any atom is 0.258 e. The first kappa shape index (κ1) is 19.3. The number of H-pyrrole nitrogens is 1. The van der Waals surface area contributed by atoms with E-state index in [1.165, 1.54) is 16.5 Å². The molecule has 0 unspecified atom stereocenters. The van der Waals surface area contributed by atoms with Crippen molar-refractivity contribution in [3.05, 3.63) is 118 Å². The quantitative estimate of drug-likeness (QED) is 0.438. The van der Waals surface area contributed by atoms with Gasteiger partial charge < -0.3 is 10.3 Å². The zero-order valence-corrected chi connectivity index (χ0v) is 17.4. The Hall–Kier alpha value is -3.70. The minimum atomic E-state index is -0.0539. The van der Waals surface area contributed by atoms with Crippen LogP contribution in [0.5, 0.6) is 0 Å². The molecule has 0 amide bonds. The van der Waals surface area contributed by atoms with Crippen LogP contribution in [0.15, 0.2) is 90.0 Å². The van der Waals surface area contributed by atoms with Crippen molar-refractivity contribution in [1.29, 1.82) is 0 Å². The summed E-state index contributed by atoms with van der Waals surface area (Å²) in [5.41, 5.74) is 6.05. The molecular weight excluding hydrogens is 384 g/mol. The van der Waals surface area contributed by atoms with Gasteiger partial charge in [-0.3, -0.25) is 9.20 Å². The fourth-order valence-corrected chi connectivity index (χ4v) is 4.17. The van der Waals surface area contributed by atoms with Gasteiger partial charge in [-0.2, -0.15) is 0 Å². The van der Waals surface area contributed by atoms with Crippen molar-refractivity contribution < 1.29 is 0 Å². The van der Waals surface area contributed by atoms with Crippen LogP contribution in [-0.2, 0) is 6.54 Å². The summed E-state index contributed by atoms with van der Waals surface area (Å²) >= 11 is 0. The molecule has 3 heterocycles. The molecule has 154 valence electrons. The predicted molar refractivity (Wildman–Crippen MR) is 124 cm³/mol. The third-order valence-corrected chi connectivity index (χ3v) is 5.71. The van der Waals surface area contributed by atoms with Crippen molar-refractivity contribution in [2.75, 3.05) is 6.54 Å². The first-order chi connectivity index (χ1) is 15.2. The van der Waals surface area contributed by atoms with Gasteiger partial charge in [0.1, 0.15) is 5.65 Å². The molecule has 5 aromatic rings. The second-order valence-corrected chi connectivity index (χ2v) is 7.90. The topological polar surface area (TPSA) is 62.2 Å². The van der Waals surface area contributed by atoms with Gasteiger partial charge in [0.2, 0.25) is 0 Å². The molecule has 5 heteroatoms. The lowest BCUT2D eigenvalue weighted by atomic mass is 9.91. The molecule has 1 atom stereocenters. The number of nitrogens with zero attached hydrogens (tertiary/aromatic N) is 2. The van der Waals surface area contributed by atoms with E-state index in [-0.39, 0.29) is 11.5 Å². The molecule has 5 nitrogen and oxygen atoms in total. The number of hydrogen-bond acceptors (Lipinski definition) is 3. The molecule has 0 aliphatic carbocycles. The van der Waals surface area contributed by atoms with Crippen molar-refractivity contribution in [3.63, 3.8) is 0 Å². The summed E-state index contributed by atoms with van der Waals surface area (Å²) in [5.74, 6) is 0.182. The van der Waals surface area contributed by atoms with Crippen molar-refractivity contribution in [2.45, 2.75) is 19.4 Å². The molecule has 0 fully saturated rings. The van der Waals surface area contributed by atoms with Gasteiger partial charge in [-0.15, -0.1) is 0 Å². The third kappa shape index (κ3) is 3.88. The van der Waals surface area contributed by atoms with Gasteiger partial charge in [-0.05, 0) is 35.7 Å². The summed E-state index contributed by atoms with van der Waals surface area (Å²) in [4.78, 5) is 20.5. The van der Waals surface area contributed by atoms with E-state index in [9.17, 15) is 4.79 Å². The first-order valence-electron chi connectivity index (χ1n) is 10.5. The van der Waals surface area contributed by atoms with E-state index in [0.717, 1.165) is 23.3 Å². The Labute approximate surface area is 180 Å². The maximum atomic E-state index is 12.5. The van der Waals surface area contributed by atoms with Gasteiger partial charge in [-0.25, -0.2) is 4.98 Å². The smallest absolute Gasteiger partial charge is 0.258 e. The van der Waals surface area contributed by atoms with Crippen LogP contribution in [0.25, 0.3) is 16.6 Å². The molecule has 2 N–H and O–H groups in total. The highest BCUT2D eigenvalue weighted by Crippen LogP contribution is 2.30. The molecule has 2 aromatic carbocycles. The fourth-order valence-electron chi connectivity index (χ4n) is 4.17. The van der Waals surface area contributed by atoms with Crippen LogP contribution < -0.4 is 10.9 Å². The van der Waals surface area contributed by atoms with E-state index in [0.29, 0.717) is 12.2 Å². The zero-order chi connectivity index (χ0) is 21.2. The Bertz CT molecular complexity index is 1400. The molecular formula is C26H24N4O. The average molecular weight is 409 g/mol. The fraction of sp³-hybridized carbons (Fsp3) is 0.154. The number of fused-ring (bicyclic) bond motifs is 2. The molecule has 0 spiro atoms. The minimum Gasteiger partial charge on any atom is -0.361 e. The van der Waals surface area contributed by atoms with Gasteiger partial charge >= 0.3 is 0 Å². The van der Waals surface area contributed by atoms with E-state index >= 15 is 0 Å². The monoisotopic (exact) mass is 408 g/mol. The molecule has 0 saturated heterocycles. The van der Waals surface area contributed by atoms with Crippen LogP contribution >= 0.6 is 0 Å². The Balaban J connectivity index is 1.41. The highest BCUT2D eigenvalue weighted by molar-refractivity contribution is 5.84. The predicted octanol–water partition coefficient (Wildman–Crippen LogP) is 4.41. The Kier molecular flexibility index (Phi) is 5.10. The van der Waals surface area contributed by atoms with Crippen LogP contribution in [0.2, 0.25) is 0 Å². The van der Waals surface area contributed by atoms with E-state index in [2.05, 4.69) is 63.9 Å². The minimum absolute atomic E-state index is 0.0539. The van der Waals surface area contributed by atoms with Crippen molar-refractivity contribution in [3.8, 4) is 0 Å². The maximum absolute atomic E-state index is 12.5. The van der Waals surface area contributed by atoms with E-state index in [1.807, 2.05) is 37.4 Å². The molecule has 0 aliphatic rings. The second-order valence-electron chi connectivity index (χ2n) is 7.90. The number of aromatic nitrogens is 3. The Morgan fingerprint density at radius 1 is 1.03 bits per heavy atom. The highest BCUT2D eigenvalue weighted by atomic mass is 16.1. The third-order valence-electron chi connectivity index (χ3n) is 5.71. The number of pyridine rings is 1. The number of aryl methyl sites for hydroxylation is 1. The number of hydrogen-bond donors (Lipinski definition) is 2. The van der Waals surface area contributed by atoms with Gasteiger partial charge in [0.05, 0.1) is 5.69 Å². The normalized spacial score (nSPS) is 12.4. The van der Waals surface area contributed by atoms with Crippen LogP contribution in [-0.4, -0.2) is 20.9 Å². The lowest BCUT2D eigenvalue weighted by Crippen LogP contribution is -2.24. The van der Waals surface area contributed by atoms with E-state index in [4.69, 9.17) is 0 Å². The number of aromatic amines is 1. The van der Waals surface area contributed by atoms with E-state index < -0.39 is 0 Å². The zero-order valence-electron chi connectivity index (χ0n) is 17.4. The molecule has 5 rings (SSSR count). The molecule has 3 aromatic heterocycles. The Morgan fingerprint density at radius 3 is 2.71 bits per heavy atom. The van der Waals surface area contributed by atoms with E-state index in [1.54, 1.807) is 10.5 Å². The second kappa shape index (κ2) is 8.20. The van der Waals surface area contributed by atoms with Crippen LogP contribution in [0.4, 0.5) is 0 Å². The lowest BCUT2D eigenvalue weighted by molar-refractivity contribution is 0.629. The Morgan fingerprint density at radius 2 is 1.84 bits per heavy atom. The standard InChI is InChI=1S/C26H24N4O/c1-18-11-12-25-29-20(13-26(31)30(25)17-18)14-27-15-22(19-7-3-2-4-8-19)23-16-28-24-10-6-5-9-21(23)24/h2-13,16-17,22,27-28H,14-15H2,1H3/t22-/m0/s1. The summed E-state index contributed by atoms with van der Waals surface area (Å²) in [6.07, 6.45) is 3.93. The summed E-state index contributed by atoms with van der Waals surface area (Å²) in [5, 5.41) is 4.76. The van der Waals surface area contributed by atoms with Gasteiger partial charge in [-0.1, -0.05) is 54.6 Å². The van der Waals surface area contributed by atoms with Crippen molar-refractivity contribution in [1.82, 2.24) is 19.7 Å². The number of nitrogens with one attached hydrogen (secondary N) is 2. The summed E-state index contributed by atoms with van der Waals surface area (Å²) < 4.78 is 1.59. The largest absolute Gasteiger partial charge is 0.361 e. The molecule has 0 radical (unpaired) electrons. The number of para-hydroxylation sites is 1. The van der Waals surface area contributed by atoms with Gasteiger partial charge in [0.15, 0.2) is 0 Å². The molecule has 0 saturated carbocycles. The van der Waals surface area contributed by atoms with Gasteiger partial charge in [0.25, 0.3) is 5.56 Å². The summed E-state index contributed by atoms with van der Waals surface area (Å²) in [6, 6.07) is 24.4. The molecule has 0 bridgehead atoms. The van der Waals surface area contributed by atoms with Crippen LogP contribution in [0, 0.1) is 6.92 Å². The number of rotatable bonds is 6. The molecule has 31 heavy (non-hydrogen) atoms. The van der Waals surface area contributed by atoms with Crippen LogP contribution in [0.1, 0.15) is 28.3 Å². The van der Waals surface area contributed by atoms with Crippen LogP contribution in [0.3, 0.4) is 0 Å². The SMILES string of the molecule is Cc1ccc2nc(CNC[C@@H](c3ccccc3)c3c[nH]c4ccccc34)cc(=O)n2c1. The van der Waals surface area contributed by atoms with Crippen molar-refractivity contribution >= 4 is 16.6 Å². The average Bonchev–Trinajstić information content (AvgIpc) is 3.22. The lowest BCUT2D eigenvalue weighted by Gasteiger charge is -2.18. The molecule has 0 aliphatic heterocycles. The number of benzene rings is 2. The highest BCUT2D eigenvalue weighted by Gasteiger charge is 2.18. The van der Waals surface area contributed by atoms with Crippen molar-refractivity contribution in [2.24, 2.45) is 0 Å². The van der Waals surface area contributed by atoms with Gasteiger partial charge in [0, 0.05) is 48.4 Å². The first-order valence-corrected chi connectivity index (χ1v) is 10.5. The summed E-state index contributed by atoms with van der Waals surface area (Å²) in [6.45, 7) is 3.24.